The van der Waals surface area contributed by atoms with Crippen molar-refractivity contribution in [1.82, 2.24) is 15.2 Å². The number of likely N-dealkylation sites (tertiary alicyclic amines) is 1. The Hall–Kier alpha value is -2.15. The van der Waals surface area contributed by atoms with Gasteiger partial charge in [0.2, 0.25) is 17.7 Å². The molecule has 136 valence electrons. The molecule has 2 heterocycles. The van der Waals surface area contributed by atoms with E-state index in [1.807, 2.05) is 6.07 Å². The van der Waals surface area contributed by atoms with Gasteiger partial charge in [0.25, 0.3) is 0 Å². The van der Waals surface area contributed by atoms with E-state index in [0.717, 1.165) is 18.4 Å². The Kier molecular flexibility index (Phi) is 5.53. The lowest BCUT2D eigenvalue weighted by Gasteiger charge is -2.38. The number of amides is 2. The van der Waals surface area contributed by atoms with Crippen molar-refractivity contribution < 1.29 is 19.4 Å². The van der Waals surface area contributed by atoms with Crippen LogP contribution in [0.1, 0.15) is 43.7 Å². The van der Waals surface area contributed by atoms with Crippen LogP contribution in [0.25, 0.3) is 0 Å². The van der Waals surface area contributed by atoms with Crippen LogP contribution in [0, 0.1) is 5.92 Å². The third kappa shape index (κ3) is 4.28. The maximum absolute atomic E-state index is 12.5. The molecule has 2 N–H and O–H groups in total. The molecule has 0 bridgehead atoms. The Morgan fingerprint density at radius 1 is 1.44 bits per heavy atom. The normalized spacial score (nSPS) is 24.4. The molecule has 3 rings (SSSR count). The second-order valence-corrected chi connectivity index (χ2v) is 6.84. The summed E-state index contributed by atoms with van der Waals surface area (Å²) in [5.41, 5.74) is 0.885. The Balaban J connectivity index is 1.66. The number of carbonyl (C=O) groups is 2. The van der Waals surface area contributed by atoms with Crippen LogP contribution in [0.4, 0.5) is 0 Å². The molecule has 1 aromatic heterocycles. The van der Waals surface area contributed by atoms with Gasteiger partial charge in [0.05, 0.1) is 25.8 Å². The molecule has 0 aromatic carbocycles. The van der Waals surface area contributed by atoms with Gasteiger partial charge in [-0.15, -0.1) is 0 Å². The molecule has 1 aliphatic carbocycles. The molecular weight excluding hydrogens is 322 g/mol. The minimum Gasteiger partial charge on any atom is -0.481 e. The van der Waals surface area contributed by atoms with Crippen molar-refractivity contribution in [3.8, 4) is 5.88 Å². The molecule has 7 nitrogen and oxygen atoms in total. The van der Waals surface area contributed by atoms with Crippen LogP contribution in [0.2, 0.25) is 0 Å². The Bertz CT molecular complexity index is 613. The number of pyridine rings is 1. The number of methoxy groups -OCH3 is 1. The first kappa shape index (κ1) is 17.7. The first-order valence-electron chi connectivity index (χ1n) is 8.82. The summed E-state index contributed by atoms with van der Waals surface area (Å²) in [5, 5.41) is 12.7. The fourth-order valence-corrected chi connectivity index (χ4v) is 3.49. The van der Waals surface area contributed by atoms with E-state index >= 15 is 0 Å². The molecule has 7 heteroatoms. The third-order valence-corrected chi connectivity index (χ3v) is 5.02. The van der Waals surface area contributed by atoms with Crippen molar-refractivity contribution in [3.63, 3.8) is 0 Å². The Labute approximate surface area is 147 Å². The number of aliphatic hydroxyl groups is 1. The SMILES string of the molecule is COc1ccc(C(NC(=O)CN2CCCCC2=O)C2CC(O)C2)cn1. The van der Waals surface area contributed by atoms with E-state index < -0.39 is 0 Å². The van der Waals surface area contributed by atoms with Gasteiger partial charge in [-0.3, -0.25) is 9.59 Å². The van der Waals surface area contributed by atoms with Crippen molar-refractivity contribution in [1.29, 1.82) is 0 Å². The first-order chi connectivity index (χ1) is 12.1. The van der Waals surface area contributed by atoms with E-state index in [9.17, 15) is 14.7 Å². The highest BCUT2D eigenvalue weighted by Gasteiger charge is 2.36. The highest BCUT2D eigenvalue weighted by Crippen LogP contribution is 2.38. The minimum absolute atomic E-state index is 0.0446. The van der Waals surface area contributed by atoms with Crippen LogP contribution < -0.4 is 10.1 Å². The summed E-state index contributed by atoms with van der Waals surface area (Å²) in [5.74, 6) is 0.563. The summed E-state index contributed by atoms with van der Waals surface area (Å²) < 4.78 is 5.08. The van der Waals surface area contributed by atoms with Crippen LogP contribution in [-0.2, 0) is 9.59 Å². The summed E-state index contributed by atoms with van der Waals surface area (Å²) in [6.07, 6.45) is 5.06. The Morgan fingerprint density at radius 2 is 2.24 bits per heavy atom. The lowest BCUT2D eigenvalue weighted by molar-refractivity contribution is -0.138. The van der Waals surface area contributed by atoms with Gasteiger partial charge in [-0.05, 0) is 37.2 Å². The number of carbonyl (C=O) groups excluding carboxylic acids is 2. The van der Waals surface area contributed by atoms with Crippen LogP contribution in [0.15, 0.2) is 18.3 Å². The minimum atomic E-state index is -0.306. The van der Waals surface area contributed by atoms with Gasteiger partial charge in [0.15, 0.2) is 0 Å². The smallest absolute Gasteiger partial charge is 0.240 e. The van der Waals surface area contributed by atoms with E-state index in [2.05, 4.69) is 10.3 Å². The van der Waals surface area contributed by atoms with Crippen molar-refractivity contribution in [2.24, 2.45) is 5.92 Å². The molecule has 1 aromatic rings. The van der Waals surface area contributed by atoms with E-state index in [-0.39, 0.29) is 36.4 Å². The summed E-state index contributed by atoms with van der Waals surface area (Å²) >= 11 is 0. The average molecular weight is 347 g/mol. The molecular formula is C18H25N3O4. The number of ether oxygens (including phenoxy) is 1. The summed E-state index contributed by atoms with van der Waals surface area (Å²) in [6, 6.07) is 3.43. The average Bonchev–Trinajstić information content (AvgIpc) is 2.59. The summed E-state index contributed by atoms with van der Waals surface area (Å²) in [4.78, 5) is 30.2. The van der Waals surface area contributed by atoms with Crippen LogP contribution in [0.5, 0.6) is 5.88 Å². The van der Waals surface area contributed by atoms with Crippen molar-refractivity contribution in [2.75, 3.05) is 20.2 Å². The van der Waals surface area contributed by atoms with E-state index in [1.54, 1.807) is 24.3 Å². The van der Waals surface area contributed by atoms with E-state index in [1.165, 1.54) is 0 Å². The van der Waals surface area contributed by atoms with Gasteiger partial charge in [-0.25, -0.2) is 4.98 Å². The van der Waals surface area contributed by atoms with E-state index in [4.69, 9.17) is 4.74 Å². The molecule has 1 atom stereocenters. The number of aromatic nitrogens is 1. The first-order valence-corrected chi connectivity index (χ1v) is 8.82. The fraction of sp³-hybridized carbons (Fsp3) is 0.611. The van der Waals surface area contributed by atoms with E-state index in [0.29, 0.717) is 31.7 Å². The summed E-state index contributed by atoms with van der Waals surface area (Å²) in [7, 11) is 1.55. The number of nitrogens with zero attached hydrogens (tertiary/aromatic N) is 2. The zero-order valence-corrected chi connectivity index (χ0v) is 14.5. The molecule has 1 unspecified atom stereocenters. The predicted octanol–water partition coefficient (Wildman–Crippen LogP) is 1.03. The molecule has 1 saturated heterocycles. The number of nitrogens with one attached hydrogen (secondary N) is 1. The number of rotatable bonds is 6. The standard InChI is InChI=1S/C18H25N3O4/c1-25-16-6-5-12(10-19-16)18(13-8-14(22)9-13)20-15(23)11-21-7-3-2-4-17(21)24/h5-6,10,13-14,18,22H,2-4,7-9,11H2,1H3,(H,20,23). The quantitative estimate of drug-likeness (QED) is 0.802. The molecule has 25 heavy (non-hydrogen) atoms. The molecule has 2 amide bonds. The molecule has 0 radical (unpaired) electrons. The van der Waals surface area contributed by atoms with Gasteiger partial charge < -0.3 is 20.1 Å². The van der Waals surface area contributed by atoms with Gasteiger partial charge in [-0.1, -0.05) is 6.07 Å². The third-order valence-electron chi connectivity index (χ3n) is 5.02. The van der Waals surface area contributed by atoms with Gasteiger partial charge in [0, 0.05) is 25.2 Å². The van der Waals surface area contributed by atoms with Gasteiger partial charge in [-0.2, -0.15) is 0 Å². The fourth-order valence-electron chi connectivity index (χ4n) is 3.49. The van der Waals surface area contributed by atoms with Crippen molar-refractivity contribution in [2.45, 2.75) is 44.2 Å². The number of aliphatic hydroxyl groups excluding tert-OH is 1. The maximum Gasteiger partial charge on any atom is 0.240 e. The van der Waals surface area contributed by atoms with Crippen molar-refractivity contribution in [3.05, 3.63) is 23.9 Å². The molecule has 1 aliphatic heterocycles. The highest BCUT2D eigenvalue weighted by atomic mass is 16.5. The predicted molar refractivity (Wildman–Crippen MR) is 90.8 cm³/mol. The second kappa shape index (κ2) is 7.82. The largest absolute Gasteiger partial charge is 0.481 e. The van der Waals surface area contributed by atoms with Crippen LogP contribution >= 0.6 is 0 Å². The molecule has 2 fully saturated rings. The molecule has 0 spiro atoms. The molecule has 1 saturated carbocycles. The van der Waals surface area contributed by atoms with Gasteiger partial charge >= 0.3 is 0 Å². The molecule has 2 aliphatic rings. The number of piperidine rings is 1. The highest BCUT2D eigenvalue weighted by molar-refractivity contribution is 5.85. The maximum atomic E-state index is 12.5. The number of hydrogen-bond acceptors (Lipinski definition) is 5. The van der Waals surface area contributed by atoms with Crippen molar-refractivity contribution >= 4 is 11.8 Å². The topological polar surface area (TPSA) is 91.8 Å². The second-order valence-electron chi connectivity index (χ2n) is 6.84. The monoisotopic (exact) mass is 347 g/mol. The lowest BCUT2D eigenvalue weighted by atomic mass is 9.75. The lowest BCUT2D eigenvalue weighted by Crippen LogP contribution is -2.47. The summed E-state index contributed by atoms with van der Waals surface area (Å²) in [6.45, 7) is 0.733. The number of hydrogen-bond donors (Lipinski definition) is 2. The zero-order chi connectivity index (χ0) is 17.8. The van der Waals surface area contributed by atoms with Gasteiger partial charge in [0.1, 0.15) is 0 Å². The zero-order valence-electron chi connectivity index (χ0n) is 14.5. The van der Waals surface area contributed by atoms with Crippen LogP contribution in [-0.4, -0.2) is 53.1 Å². The van der Waals surface area contributed by atoms with Crippen LogP contribution in [0.3, 0.4) is 0 Å². The Morgan fingerprint density at radius 3 is 2.84 bits per heavy atom.